The lowest BCUT2D eigenvalue weighted by Gasteiger charge is -2.15. The third-order valence-electron chi connectivity index (χ3n) is 6.98. The number of aromatic carboxylic acids is 1. The van der Waals surface area contributed by atoms with Crippen molar-refractivity contribution in [2.75, 3.05) is 13.2 Å². The van der Waals surface area contributed by atoms with E-state index >= 15 is 4.39 Å². The first-order valence-electron chi connectivity index (χ1n) is 14.0. The van der Waals surface area contributed by atoms with E-state index in [1.165, 1.54) is 31.7 Å². The van der Waals surface area contributed by atoms with Crippen LogP contribution in [0.25, 0.3) is 22.3 Å². The van der Waals surface area contributed by atoms with Gasteiger partial charge in [0.25, 0.3) is 0 Å². The summed E-state index contributed by atoms with van der Waals surface area (Å²) in [7, 11) is 0. The van der Waals surface area contributed by atoms with Crippen molar-refractivity contribution in [3.05, 3.63) is 76.6 Å². The topological polar surface area (TPSA) is 72.8 Å². The average molecular weight is 569 g/mol. The molecule has 1 N–H and O–H groups in total. The first-order valence-corrected chi connectivity index (χ1v) is 14.4. The first-order chi connectivity index (χ1) is 19.3. The summed E-state index contributed by atoms with van der Waals surface area (Å²) in [6.07, 6.45) is 7.81. The number of carbonyl (C=O) groups is 2. The van der Waals surface area contributed by atoms with Gasteiger partial charge in [-0.25, -0.2) is 14.0 Å². The highest BCUT2D eigenvalue weighted by molar-refractivity contribution is 6.32. The van der Waals surface area contributed by atoms with Gasteiger partial charge in [-0.15, -0.1) is 0 Å². The minimum atomic E-state index is -1.37. The molecule has 0 bridgehead atoms. The highest BCUT2D eigenvalue weighted by Gasteiger charge is 2.21. The highest BCUT2D eigenvalue weighted by atomic mass is 35.5. The molecular formula is C33H38ClFO5. The Morgan fingerprint density at radius 1 is 0.925 bits per heavy atom. The van der Waals surface area contributed by atoms with Crippen molar-refractivity contribution < 1.29 is 28.6 Å². The molecule has 0 amide bonds. The number of unbranched alkanes of at least 4 members (excludes halogenated alkanes) is 5. The zero-order valence-electron chi connectivity index (χ0n) is 23.5. The third-order valence-corrected chi connectivity index (χ3v) is 7.27. The van der Waals surface area contributed by atoms with Crippen LogP contribution in [0.1, 0.15) is 86.4 Å². The molecule has 1 unspecified atom stereocenters. The molecule has 1 atom stereocenters. The number of rotatable bonds is 15. The molecule has 0 aliphatic carbocycles. The molecule has 0 spiro atoms. The molecule has 0 aliphatic heterocycles. The zero-order chi connectivity index (χ0) is 29.1. The molecule has 0 fully saturated rings. The zero-order valence-corrected chi connectivity index (χ0v) is 24.2. The van der Waals surface area contributed by atoms with Gasteiger partial charge in [0.2, 0.25) is 0 Å². The van der Waals surface area contributed by atoms with Gasteiger partial charge in [-0.05, 0) is 59.4 Å². The first kappa shape index (κ1) is 31.2. The third kappa shape index (κ3) is 8.31. The van der Waals surface area contributed by atoms with E-state index in [1.807, 2.05) is 13.8 Å². The van der Waals surface area contributed by atoms with Crippen LogP contribution >= 0.6 is 11.6 Å². The van der Waals surface area contributed by atoms with Crippen molar-refractivity contribution in [3.63, 3.8) is 0 Å². The number of hydrogen-bond acceptors (Lipinski definition) is 4. The Morgan fingerprint density at radius 2 is 1.60 bits per heavy atom. The number of esters is 1. The summed E-state index contributed by atoms with van der Waals surface area (Å²) < 4.78 is 26.9. The Balaban J connectivity index is 1.85. The molecule has 3 aromatic carbocycles. The van der Waals surface area contributed by atoms with Gasteiger partial charge >= 0.3 is 11.9 Å². The molecule has 3 rings (SSSR count). The fourth-order valence-electron chi connectivity index (χ4n) is 4.31. The van der Waals surface area contributed by atoms with E-state index in [-0.39, 0.29) is 11.5 Å². The van der Waals surface area contributed by atoms with Crippen LogP contribution in [0.2, 0.25) is 5.02 Å². The van der Waals surface area contributed by atoms with Gasteiger partial charge < -0.3 is 14.6 Å². The maximum absolute atomic E-state index is 15.6. The van der Waals surface area contributed by atoms with Crippen LogP contribution in [0.3, 0.4) is 0 Å². The normalized spacial score (nSPS) is 11.7. The lowest BCUT2D eigenvalue weighted by Crippen LogP contribution is -2.11. The predicted octanol–water partition coefficient (Wildman–Crippen LogP) is 9.45. The Labute approximate surface area is 241 Å². The largest absolute Gasteiger partial charge is 0.492 e. The molecule has 3 aromatic rings. The number of halogens is 2. The number of hydrogen-bond donors (Lipinski definition) is 1. The van der Waals surface area contributed by atoms with E-state index in [1.54, 1.807) is 48.5 Å². The van der Waals surface area contributed by atoms with E-state index < -0.39 is 23.3 Å². The molecule has 7 heteroatoms. The minimum absolute atomic E-state index is 0.108. The second-order valence-electron chi connectivity index (χ2n) is 10.1. The summed E-state index contributed by atoms with van der Waals surface area (Å²) in [6, 6.07) is 14.3. The summed E-state index contributed by atoms with van der Waals surface area (Å²) in [6.45, 7) is 7.09. The summed E-state index contributed by atoms with van der Waals surface area (Å²) in [4.78, 5) is 24.1. The maximum Gasteiger partial charge on any atom is 0.338 e. The standard InChI is InChI=1S/C33H38ClFO5/c1-4-6-7-8-9-10-19-39-29-18-15-25(20-28(29)34)26-16-17-27(32(36)37)31(35)30(26)23-11-13-24(14-12-23)33(38)40-21-22(3)5-2/h11-18,20,22H,4-10,19,21H2,1-3H3,(H,36,37). The molecular weight excluding hydrogens is 531 g/mol. The minimum Gasteiger partial charge on any atom is -0.492 e. The summed E-state index contributed by atoms with van der Waals surface area (Å²) in [5, 5.41) is 9.93. The Hall–Kier alpha value is -3.38. The van der Waals surface area contributed by atoms with E-state index in [2.05, 4.69) is 6.92 Å². The molecule has 0 saturated heterocycles. The predicted molar refractivity (Wildman–Crippen MR) is 158 cm³/mol. The van der Waals surface area contributed by atoms with Crippen molar-refractivity contribution in [2.45, 2.75) is 65.7 Å². The van der Waals surface area contributed by atoms with Crippen molar-refractivity contribution in [3.8, 4) is 28.0 Å². The van der Waals surface area contributed by atoms with Gasteiger partial charge in [0.1, 0.15) is 11.6 Å². The van der Waals surface area contributed by atoms with Crippen LogP contribution in [0.5, 0.6) is 5.75 Å². The number of ether oxygens (including phenoxy) is 2. The van der Waals surface area contributed by atoms with Crippen LogP contribution in [0.4, 0.5) is 4.39 Å². The lowest BCUT2D eigenvalue weighted by atomic mass is 9.91. The number of carboxylic acid groups (broad SMARTS) is 1. The van der Waals surface area contributed by atoms with Crippen molar-refractivity contribution >= 4 is 23.5 Å². The average Bonchev–Trinajstić information content (AvgIpc) is 2.95. The van der Waals surface area contributed by atoms with E-state index in [9.17, 15) is 14.7 Å². The quantitative estimate of drug-likeness (QED) is 0.146. The fraction of sp³-hybridized carbons (Fsp3) is 0.394. The molecule has 40 heavy (non-hydrogen) atoms. The van der Waals surface area contributed by atoms with Gasteiger partial charge in [-0.1, -0.05) is 95.2 Å². The molecule has 0 saturated carbocycles. The van der Waals surface area contributed by atoms with Crippen LogP contribution in [-0.2, 0) is 4.74 Å². The number of carbonyl (C=O) groups excluding carboxylic acids is 1. The molecule has 0 aromatic heterocycles. The van der Waals surface area contributed by atoms with E-state index in [0.717, 1.165) is 19.3 Å². The monoisotopic (exact) mass is 568 g/mol. The van der Waals surface area contributed by atoms with Crippen molar-refractivity contribution in [1.29, 1.82) is 0 Å². The summed E-state index contributed by atoms with van der Waals surface area (Å²) in [5.74, 6) is -1.90. The van der Waals surface area contributed by atoms with Gasteiger partial charge in [0.05, 0.1) is 29.4 Å². The van der Waals surface area contributed by atoms with Crippen molar-refractivity contribution in [1.82, 2.24) is 0 Å². The van der Waals surface area contributed by atoms with E-state index in [0.29, 0.717) is 46.2 Å². The number of benzene rings is 3. The fourth-order valence-corrected chi connectivity index (χ4v) is 4.54. The Kier molecular flexibility index (Phi) is 12.0. The van der Waals surface area contributed by atoms with Gasteiger partial charge in [-0.3, -0.25) is 0 Å². The lowest BCUT2D eigenvalue weighted by molar-refractivity contribution is 0.0446. The van der Waals surface area contributed by atoms with Crippen LogP contribution in [0, 0.1) is 11.7 Å². The molecule has 214 valence electrons. The van der Waals surface area contributed by atoms with Crippen LogP contribution in [0.15, 0.2) is 54.6 Å². The number of carboxylic acids is 1. The molecule has 0 aliphatic rings. The SMILES string of the molecule is CCCCCCCCOc1ccc(-c2ccc(C(=O)O)c(F)c2-c2ccc(C(=O)OCC(C)CC)cc2)cc1Cl. The van der Waals surface area contributed by atoms with Gasteiger partial charge in [0, 0.05) is 5.56 Å². The Bertz CT molecular complexity index is 1290. The second kappa shape index (κ2) is 15.4. The van der Waals surface area contributed by atoms with Crippen LogP contribution in [-0.4, -0.2) is 30.3 Å². The Morgan fingerprint density at radius 3 is 2.25 bits per heavy atom. The van der Waals surface area contributed by atoms with Crippen molar-refractivity contribution in [2.24, 2.45) is 5.92 Å². The molecule has 0 heterocycles. The van der Waals surface area contributed by atoms with Gasteiger partial charge in [0.15, 0.2) is 0 Å². The molecule has 0 radical (unpaired) electrons. The molecule has 5 nitrogen and oxygen atoms in total. The highest BCUT2D eigenvalue weighted by Crippen LogP contribution is 2.39. The maximum atomic E-state index is 15.6. The van der Waals surface area contributed by atoms with E-state index in [4.69, 9.17) is 21.1 Å². The van der Waals surface area contributed by atoms with Gasteiger partial charge in [-0.2, -0.15) is 0 Å². The summed E-state index contributed by atoms with van der Waals surface area (Å²) in [5.41, 5.74) is 1.50. The van der Waals surface area contributed by atoms with Crippen LogP contribution < -0.4 is 4.74 Å². The summed E-state index contributed by atoms with van der Waals surface area (Å²) >= 11 is 6.53. The second-order valence-corrected chi connectivity index (χ2v) is 10.5. The smallest absolute Gasteiger partial charge is 0.338 e.